The van der Waals surface area contributed by atoms with Crippen molar-refractivity contribution in [3.05, 3.63) is 247 Å². The summed E-state index contributed by atoms with van der Waals surface area (Å²) in [6.45, 7) is 10.9. The van der Waals surface area contributed by atoms with Gasteiger partial charge in [-0.25, -0.2) is 0 Å². The summed E-state index contributed by atoms with van der Waals surface area (Å²) in [7, 11) is 0. The number of fused-ring (bicyclic) bond motifs is 5. The Morgan fingerprint density at radius 3 is 2.00 bits per heavy atom. The number of nitrogens with zero attached hydrogens (tertiary/aromatic N) is 2. The van der Waals surface area contributed by atoms with E-state index in [4.69, 9.17) is 0 Å². The zero-order valence-corrected chi connectivity index (χ0v) is 37.4. The predicted molar refractivity (Wildman–Crippen MR) is 278 cm³/mol. The van der Waals surface area contributed by atoms with Crippen LogP contribution < -0.4 is 4.90 Å². The van der Waals surface area contributed by atoms with Gasteiger partial charge in [-0.1, -0.05) is 172 Å². The van der Waals surface area contributed by atoms with Crippen molar-refractivity contribution in [2.45, 2.75) is 45.4 Å². The van der Waals surface area contributed by atoms with E-state index >= 15 is 0 Å². The second-order valence-electron chi connectivity index (χ2n) is 18.0. The lowest BCUT2D eigenvalue weighted by atomic mass is 9.81. The maximum atomic E-state index is 4.08. The van der Waals surface area contributed by atoms with Crippen LogP contribution in [0, 0.1) is 0 Å². The Bertz CT molecular complexity index is 3360. The fourth-order valence-electron chi connectivity index (χ4n) is 10.7. The van der Waals surface area contributed by atoms with E-state index in [0.29, 0.717) is 0 Å². The van der Waals surface area contributed by atoms with Crippen LogP contribution in [0.3, 0.4) is 0 Å². The Morgan fingerprint density at radius 2 is 1.25 bits per heavy atom. The van der Waals surface area contributed by atoms with E-state index in [1.165, 1.54) is 88.7 Å². The van der Waals surface area contributed by atoms with Gasteiger partial charge in [-0.15, -0.1) is 0 Å². The van der Waals surface area contributed by atoms with Crippen molar-refractivity contribution < 1.29 is 0 Å². The fraction of sp³-hybridized carbons (Fsp3) is 0.111. The van der Waals surface area contributed by atoms with E-state index in [1.807, 2.05) is 6.08 Å². The van der Waals surface area contributed by atoms with E-state index in [9.17, 15) is 0 Å². The first-order valence-electron chi connectivity index (χ1n) is 23.0. The average molecular weight is 837 g/mol. The molecule has 2 nitrogen and oxygen atoms in total. The third-order valence-corrected chi connectivity index (χ3v) is 13.9. The minimum Gasteiger partial charge on any atom is -0.314 e. The number of aromatic nitrogens is 1. The normalized spacial score (nSPS) is 14.5. The van der Waals surface area contributed by atoms with Gasteiger partial charge in [-0.3, -0.25) is 0 Å². The maximum Gasteiger partial charge on any atom is 0.0619 e. The van der Waals surface area contributed by atoms with Gasteiger partial charge in [-0.05, 0) is 148 Å². The molecule has 0 radical (unpaired) electrons. The molecule has 1 aromatic heterocycles. The van der Waals surface area contributed by atoms with Gasteiger partial charge in [0.1, 0.15) is 0 Å². The minimum absolute atomic E-state index is 0.0726. The molecule has 11 rings (SSSR count). The van der Waals surface area contributed by atoms with E-state index in [2.05, 4.69) is 243 Å². The lowest BCUT2D eigenvalue weighted by Crippen LogP contribution is -2.20. The molecule has 0 aliphatic heterocycles. The second-order valence-corrected chi connectivity index (χ2v) is 18.0. The van der Waals surface area contributed by atoms with E-state index in [1.54, 1.807) is 0 Å². The summed E-state index contributed by atoms with van der Waals surface area (Å²) < 4.78 is 2.43. The Balaban J connectivity index is 1.01. The van der Waals surface area contributed by atoms with Crippen molar-refractivity contribution in [2.24, 2.45) is 0 Å². The van der Waals surface area contributed by atoms with Gasteiger partial charge in [0.05, 0.1) is 11.0 Å². The lowest BCUT2D eigenvalue weighted by Gasteiger charge is -2.30. The summed E-state index contributed by atoms with van der Waals surface area (Å²) in [5.41, 5.74) is 22.4. The highest BCUT2D eigenvalue weighted by Gasteiger charge is 2.37. The zero-order chi connectivity index (χ0) is 44.1. The molecule has 0 atom stereocenters. The smallest absolute Gasteiger partial charge is 0.0619 e. The van der Waals surface area contributed by atoms with Crippen LogP contribution in [0.2, 0.25) is 0 Å². The summed E-state index contributed by atoms with van der Waals surface area (Å²) in [5, 5.41) is 2.50. The molecule has 0 saturated heterocycles. The Morgan fingerprint density at radius 1 is 0.569 bits per heavy atom. The van der Waals surface area contributed by atoms with Crippen molar-refractivity contribution >= 4 is 44.3 Å². The Labute approximate surface area is 383 Å². The summed E-state index contributed by atoms with van der Waals surface area (Å²) in [6, 6.07) is 71.5. The van der Waals surface area contributed by atoms with Crippen LogP contribution >= 0.6 is 0 Å². The monoisotopic (exact) mass is 836 g/mol. The fourth-order valence-corrected chi connectivity index (χ4v) is 10.7. The van der Waals surface area contributed by atoms with Crippen molar-refractivity contribution in [3.63, 3.8) is 0 Å². The summed E-state index contributed by atoms with van der Waals surface area (Å²) in [4.78, 5) is 2.51. The van der Waals surface area contributed by atoms with Crippen molar-refractivity contribution in [3.8, 4) is 39.1 Å². The molecule has 0 N–H and O–H groups in total. The topological polar surface area (TPSA) is 8.17 Å². The molecule has 2 aliphatic rings. The molecule has 2 aliphatic carbocycles. The molecule has 65 heavy (non-hydrogen) atoms. The molecule has 0 amide bonds. The molecule has 2 heteroatoms. The highest BCUT2D eigenvalue weighted by Crippen LogP contribution is 2.51. The summed E-state index contributed by atoms with van der Waals surface area (Å²) >= 11 is 0. The molecular weight excluding hydrogens is 785 g/mol. The Kier molecular flexibility index (Phi) is 10.2. The summed E-state index contributed by atoms with van der Waals surface area (Å²) in [6.07, 6.45) is 9.74. The first kappa shape index (κ1) is 40.1. The maximum absolute atomic E-state index is 4.08. The number of anilines is 2. The minimum atomic E-state index is -0.0726. The Hall–Kier alpha value is -7.68. The van der Waals surface area contributed by atoms with Crippen LogP contribution in [-0.2, 0) is 5.41 Å². The number of hydrogen-bond donors (Lipinski definition) is 0. The molecule has 0 saturated carbocycles. The number of hydrogen-bond acceptors (Lipinski definition) is 1. The predicted octanol–water partition coefficient (Wildman–Crippen LogP) is 17.3. The largest absolute Gasteiger partial charge is 0.314 e. The van der Waals surface area contributed by atoms with E-state index in [-0.39, 0.29) is 5.41 Å². The molecular formula is C63H52N2. The van der Waals surface area contributed by atoms with Crippen LogP contribution in [0.25, 0.3) is 72.0 Å². The van der Waals surface area contributed by atoms with Gasteiger partial charge in [0.2, 0.25) is 0 Å². The molecule has 0 bridgehead atoms. The summed E-state index contributed by atoms with van der Waals surface area (Å²) in [5.74, 6) is 0. The van der Waals surface area contributed by atoms with Gasteiger partial charge < -0.3 is 9.47 Å². The van der Waals surface area contributed by atoms with Crippen molar-refractivity contribution in [2.75, 3.05) is 4.90 Å². The van der Waals surface area contributed by atoms with Crippen molar-refractivity contribution in [1.29, 1.82) is 0 Å². The van der Waals surface area contributed by atoms with Gasteiger partial charge in [-0.2, -0.15) is 0 Å². The van der Waals surface area contributed by atoms with Crippen molar-refractivity contribution in [1.82, 2.24) is 4.57 Å². The van der Waals surface area contributed by atoms with Gasteiger partial charge >= 0.3 is 0 Å². The third-order valence-electron chi connectivity index (χ3n) is 13.9. The van der Waals surface area contributed by atoms with Crippen LogP contribution in [0.1, 0.15) is 56.7 Å². The highest BCUT2D eigenvalue weighted by molar-refractivity contribution is 6.15. The lowest BCUT2D eigenvalue weighted by molar-refractivity contribution is 0.652. The SMILES string of the molecule is C=C/C(=C\C)c1ccc(N(C2=CC3=C(CCC2)c2ccccc2C3(C)C)c2cccc(-c3ccc(-c4cc(-c5ccccc5)c5c(c4)c4ccccc4n5-c4ccccc4)cc3)c2)cc1. The molecule has 0 unspecified atom stereocenters. The molecule has 9 aromatic rings. The van der Waals surface area contributed by atoms with Gasteiger partial charge in [0.15, 0.2) is 0 Å². The quantitative estimate of drug-likeness (QED) is 0.132. The molecule has 314 valence electrons. The molecule has 0 fully saturated rings. The van der Waals surface area contributed by atoms with Crippen LogP contribution in [0.4, 0.5) is 11.4 Å². The molecule has 8 aromatic carbocycles. The number of para-hydroxylation sites is 2. The van der Waals surface area contributed by atoms with E-state index < -0.39 is 0 Å². The second kappa shape index (κ2) is 16.5. The number of rotatable bonds is 9. The van der Waals surface area contributed by atoms with Crippen LogP contribution in [0.15, 0.2) is 230 Å². The molecule has 1 heterocycles. The zero-order valence-electron chi connectivity index (χ0n) is 37.4. The van der Waals surface area contributed by atoms with Crippen LogP contribution in [0.5, 0.6) is 0 Å². The number of allylic oxidation sites excluding steroid dienone is 7. The van der Waals surface area contributed by atoms with Gasteiger partial charge in [0, 0.05) is 44.5 Å². The third kappa shape index (κ3) is 6.98. The number of benzene rings is 8. The van der Waals surface area contributed by atoms with Gasteiger partial charge in [0.25, 0.3) is 0 Å². The molecule has 0 spiro atoms. The average Bonchev–Trinajstić information content (AvgIpc) is 3.67. The van der Waals surface area contributed by atoms with E-state index in [0.717, 1.165) is 41.9 Å². The first-order chi connectivity index (χ1) is 31.9. The standard InChI is InChI=1S/C63H52N2/c1-5-43(6-2)44-35-37-51(38-36-44)64(53-25-18-28-55-54-26-13-15-29-59(54)63(3,4)60(55)42-53)52-24-17-21-48(39-52)45-31-33-46(34-32-45)49-40-57(47-19-9-7-10-20-47)62-58(41-49)56-27-14-16-30-61(56)65(62)50-22-11-8-12-23-50/h5-17,19-24,26-27,29-42H,1,18,25,28H2,2-4H3/b43-6+. The first-order valence-corrected chi connectivity index (χ1v) is 23.0. The highest BCUT2D eigenvalue weighted by atomic mass is 15.1. The van der Waals surface area contributed by atoms with Crippen LogP contribution in [-0.4, -0.2) is 4.57 Å².